The van der Waals surface area contributed by atoms with Gasteiger partial charge in [-0.2, -0.15) is 0 Å². The molecule has 0 saturated heterocycles. The Morgan fingerprint density at radius 3 is 2.38 bits per heavy atom. The highest BCUT2D eigenvalue weighted by Crippen LogP contribution is 2.31. The molecule has 0 N–H and O–H groups in total. The minimum atomic E-state index is 0.405. The van der Waals surface area contributed by atoms with E-state index in [9.17, 15) is 0 Å². The third kappa shape index (κ3) is 1.66. The van der Waals surface area contributed by atoms with E-state index in [-0.39, 0.29) is 0 Å². The van der Waals surface area contributed by atoms with Crippen molar-refractivity contribution in [3.05, 3.63) is 35.9 Å². The first-order chi connectivity index (χ1) is 6.29. The second-order valence-electron chi connectivity index (χ2n) is 3.25. The Morgan fingerprint density at radius 1 is 1.15 bits per heavy atom. The molecule has 1 aliphatic heterocycles. The molecule has 68 valence electrons. The molecule has 2 rings (SSSR count). The van der Waals surface area contributed by atoms with Crippen LogP contribution in [0.25, 0.3) is 0 Å². The Balaban J connectivity index is 2.27. The summed E-state index contributed by atoms with van der Waals surface area (Å²) < 4.78 is 2.30. The number of hydrogen-bond donors (Lipinski definition) is 0. The molecule has 0 fully saturated rings. The second-order valence-corrected chi connectivity index (χ2v) is 4.35. The van der Waals surface area contributed by atoms with Crippen molar-refractivity contribution < 1.29 is 0 Å². The van der Waals surface area contributed by atoms with Gasteiger partial charge >= 0.3 is 0 Å². The Labute approximate surface area is 80.6 Å². The first-order valence-electron chi connectivity index (χ1n) is 4.33. The fourth-order valence-electron chi connectivity index (χ4n) is 1.63. The zero-order valence-corrected chi connectivity index (χ0v) is 8.78. The van der Waals surface area contributed by atoms with E-state index >= 15 is 0 Å². The van der Waals surface area contributed by atoms with Gasteiger partial charge in [0.05, 0.1) is 6.17 Å². The monoisotopic (exact) mass is 192 g/mol. The zero-order chi connectivity index (χ0) is 9.26. The Hall–Kier alpha value is -0.690. The highest BCUT2D eigenvalue weighted by Gasteiger charge is 2.23. The van der Waals surface area contributed by atoms with E-state index in [1.807, 2.05) is 0 Å². The predicted molar refractivity (Wildman–Crippen MR) is 57.7 cm³/mol. The smallest absolute Gasteiger partial charge is 0.0992 e. The summed E-state index contributed by atoms with van der Waals surface area (Å²) in [5.74, 6) is 2.19. The van der Waals surface area contributed by atoms with Gasteiger partial charge in [-0.05, 0) is 28.0 Å². The molecule has 0 bridgehead atoms. The molecule has 1 aliphatic rings. The van der Waals surface area contributed by atoms with Crippen LogP contribution in [0.2, 0.25) is 0 Å². The topological polar surface area (TPSA) is 6.48 Å². The van der Waals surface area contributed by atoms with Crippen molar-refractivity contribution in [2.75, 3.05) is 14.1 Å². The van der Waals surface area contributed by atoms with Crippen LogP contribution >= 0.6 is 8.35 Å². The molecule has 0 amide bonds. The quantitative estimate of drug-likeness (QED) is 0.629. The average Bonchev–Trinajstić information content (AvgIpc) is 2.48. The Kier molecular flexibility index (Phi) is 2.45. The molecule has 1 unspecified atom stereocenters. The average molecular weight is 192 g/mol. The summed E-state index contributed by atoms with van der Waals surface area (Å²) >= 11 is 0. The molecule has 0 aromatic heterocycles. The van der Waals surface area contributed by atoms with E-state index in [2.05, 4.69) is 59.9 Å². The fourth-order valence-corrected chi connectivity index (χ4v) is 2.50. The minimum Gasteiger partial charge on any atom is -0.259 e. The fraction of sp³-hybridized carbons (Fsp3) is 0.300. The van der Waals surface area contributed by atoms with Gasteiger partial charge in [-0.25, -0.2) is 4.67 Å². The lowest BCUT2D eigenvalue weighted by Gasteiger charge is -2.24. The summed E-state index contributed by atoms with van der Waals surface area (Å²) in [5.41, 5.74) is 1.36. The zero-order valence-electron chi connectivity index (χ0n) is 7.88. The van der Waals surface area contributed by atoms with Crippen LogP contribution in [0.15, 0.2) is 30.3 Å². The largest absolute Gasteiger partial charge is 0.259 e. The highest BCUT2D eigenvalue weighted by atomic mass is 31.1. The Bertz CT molecular complexity index is 298. The molecule has 1 aromatic carbocycles. The van der Waals surface area contributed by atoms with Gasteiger partial charge in [0.1, 0.15) is 0 Å². The lowest BCUT2D eigenvalue weighted by Crippen LogP contribution is -2.25. The third-order valence-electron chi connectivity index (χ3n) is 2.25. The van der Waals surface area contributed by atoms with Gasteiger partial charge < -0.3 is 0 Å². The molecule has 1 heterocycles. The lowest BCUT2D eigenvalue weighted by atomic mass is 10.1. The normalized spacial score (nSPS) is 25.2. The van der Waals surface area contributed by atoms with E-state index in [4.69, 9.17) is 0 Å². The highest BCUT2D eigenvalue weighted by molar-refractivity contribution is 7.36. The van der Waals surface area contributed by atoms with E-state index < -0.39 is 0 Å². The standard InChI is InChI=1S/C10H13N2P/c1-11-8-13-12(2)10(11)9-6-4-3-5-7-9/h3-8,10H,1-2H3. The molecular weight excluding hydrogens is 179 g/mol. The molecule has 0 radical (unpaired) electrons. The summed E-state index contributed by atoms with van der Waals surface area (Å²) in [5, 5.41) is 0. The van der Waals surface area contributed by atoms with Crippen LogP contribution in [0, 0.1) is 0 Å². The van der Waals surface area contributed by atoms with Crippen LogP contribution in [0.3, 0.4) is 0 Å². The lowest BCUT2D eigenvalue weighted by molar-refractivity contribution is 0.259. The first-order valence-corrected chi connectivity index (χ1v) is 5.24. The van der Waals surface area contributed by atoms with Crippen LogP contribution < -0.4 is 0 Å². The first kappa shape index (κ1) is 8.89. The van der Waals surface area contributed by atoms with Crippen molar-refractivity contribution in [2.24, 2.45) is 0 Å². The number of rotatable bonds is 1. The van der Waals surface area contributed by atoms with E-state index in [0.29, 0.717) is 6.17 Å². The van der Waals surface area contributed by atoms with Gasteiger partial charge in [-0.1, -0.05) is 30.3 Å². The van der Waals surface area contributed by atoms with Gasteiger partial charge in [0.15, 0.2) is 0 Å². The van der Waals surface area contributed by atoms with Crippen LogP contribution in [0.1, 0.15) is 11.7 Å². The maximum absolute atomic E-state index is 2.30. The van der Waals surface area contributed by atoms with Crippen LogP contribution in [-0.2, 0) is 0 Å². The summed E-state index contributed by atoms with van der Waals surface area (Å²) in [6, 6.07) is 10.6. The number of benzene rings is 1. The number of nitrogens with zero attached hydrogens (tertiary/aromatic N) is 2. The summed E-state index contributed by atoms with van der Waals surface area (Å²) in [4.78, 5) is 2.25. The molecule has 0 aliphatic carbocycles. The predicted octanol–water partition coefficient (Wildman–Crippen LogP) is 2.18. The molecule has 13 heavy (non-hydrogen) atoms. The van der Waals surface area contributed by atoms with Gasteiger partial charge in [0, 0.05) is 5.92 Å². The van der Waals surface area contributed by atoms with Crippen molar-refractivity contribution in [3.8, 4) is 0 Å². The molecular formula is C10H13N2P. The van der Waals surface area contributed by atoms with Crippen molar-refractivity contribution in [3.63, 3.8) is 0 Å². The van der Waals surface area contributed by atoms with Crippen molar-refractivity contribution in [2.45, 2.75) is 6.17 Å². The van der Waals surface area contributed by atoms with Crippen LogP contribution in [0.4, 0.5) is 0 Å². The third-order valence-corrected chi connectivity index (χ3v) is 3.30. The van der Waals surface area contributed by atoms with Crippen molar-refractivity contribution in [1.82, 2.24) is 9.57 Å². The Morgan fingerprint density at radius 2 is 1.85 bits per heavy atom. The minimum absolute atomic E-state index is 0.405. The molecule has 1 aromatic rings. The van der Waals surface area contributed by atoms with Gasteiger partial charge in [-0.3, -0.25) is 4.90 Å². The summed E-state index contributed by atoms with van der Waals surface area (Å²) in [7, 11) is 5.53. The number of hydrogen-bond acceptors (Lipinski definition) is 2. The van der Waals surface area contributed by atoms with Crippen LogP contribution in [-0.4, -0.2) is 29.6 Å². The second kappa shape index (κ2) is 3.59. The molecule has 1 atom stereocenters. The van der Waals surface area contributed by atoms with E-state index in [1.165, 1.54) is 13.9 Å². The maximum atomic E-state index is 2.30. The molecule has 2 nitrogen and oxygen atoms in total. The summed E-state index contributed by atoms with van der Waals surface area (Å²) in [6.07, 6.45) is 0.405. The van der Waals surface area contributed by atoms with E-state index in [0.717, 1.165) is 0 Å². The van der Waals surface area contributed by atoms with E-state index in [1.54, 1.807) is 0 Å². The van der Waals surface area contributed by atoms with Gasteiger partial charge in [-0.15, -0.1) is 0 Å². The van der Waals surface area contributed by atoms with Gasteiger partial charge in [0.2, 0.25) is 0 Å². The van der Waals surface area contributed by atoms with Crippen molar-refractivity contribution >= 4 is 14.3 Å². The molecule has 0 saturated carbocycles. The molecule has 0 spiro atoms. The van der Waals surface area contributed by atoms with Crippen LogP contribution in [0.5, 0.6) is 0 Å². The molecule has 3 heteroatoms. The summed E-state index contributed by atoms with van der Waals surface area (Å²) in [6.45, 7) is 0. The van der Waals surface area contributed by atoms with Crippen molar-refractivity contribution in [1.29, 1.82) is 0 Å². The maximum Gasteiger partial charge on any atom is 0.0992 e. The van der Waals surface area contributed by atoms with Gasteiger partial charge in [0.25, 0.3) is 0 Å². The SMILES string of the molecule is CN1C=PN(C)C1c1ccccc1.